The highest BCUT2D eigenvalue weighted by atomic mass is 16.5. The summed E-state index contributed by atoms with van der Waals surface area (Å²) in [6, 6.07) is 1.03. The number of hydrogen-bond acceptors (Lipinski definition) is 4. The molecule has 0 amide bonds. The minimum atomic E-state index is 0.402. The maximum absolute atomic E-state index is 5.97. The molecule has 1 saturated carbocycles. The molecule has 0 unspecified atom stereocenters. The lowest BCUT2D eigenvalue weighted by Crippen LogP contribution is -2.38. The van der Waals surface area contributed by atoms with E-state index in [-0.39, 0.29) is 0 Å². The first-order valence-corrected chi connectivity index (χ1v) is 7.05. The molecule has 2 N–H and O–H groups in total. The van der Waals surface area contributed by atoms with Gasteiger partial charge in [0, 0.05) is 25.7 Å². The van der Waals surface area contributed by atoms with E-state index < -0.39 is 0 Å². The zero-order chi connectivity index (χ0) is 14.0. The molecular formula is C14H26N4O. The van der Waals surface area contributed by atoms with Crippen LogP contribution in [0.4, 0.5) is 0 Å². The molecule has 1 fully saturated rings. The Hall–Kier alpha value is -1.07. The van der Waals surface area contributed by atoms with Gasteiger partial charge in [-0.1, -0.05) is 0 Å². The molecule has 0 aliphatic heterocycles. The summed E-state index contributed by atoms with van der Waals surface area (Å²) >= 11 is 0. The highest BCUT2D eigenvalue weighted by molar-refractivity contribution is 5.30. The SMILES string of the molecule is COc1c(CN(C)C2CCC(N)CC2)c(C)nn1C. The van der Waals surface area contributed by atoms with Crippen molar-refractivity contribution in [3.8, 4) is 5.88 Å². The summed E-state index contributed by atoms with van der Waals surface area (Å²) in [7, 11) is 5.82. The fourth-order valence-electron chi connectivity index (χ4n) is 3.04. The molecule has 0 atom stereocenters. The first-order chi connectivity index (χ1) is 9.02. The van der Waals surface area contributed by atoms with E-state index in [9.17, 15) is 0 Å². The molecule has 108 valence electrons. The smallest absolute Gasteiger partial charge is 0.216 e. The van der Waals surface area contributed by atoms with Gasteiger partial charge in [-0.3, -0.25) is 4.90 Å². The molecule has 19 heavy (non-hydrogen) atoms. The monoisotopic (exact) mass is 266 g/mol. The lowest BCUT2D eigenvalue weighted by Gasteiger charge is -2.33. The van der Waals surface area contributed by atoms with E-state index in [0.717, 1.165) is 31.0 Å². The van der Waals surface area contributed by atoms with Crippen molar-refractivity contribution in [2.24, 2.45) is 12.8 Å². The zero-order valence-electron chi connectivity index (χ0n) is 12.5. The Bertz CT molecular complexity index is 421. The summed E-state index contributed by atoms with van der Waals surface area (Å²) in [4.78, 5) is 2.42. The maximum atomic E-state index is 5.97. The average molecular weight is 266 g/mol. The van der Waals surface area contributed by atoms with Crippen LogP contribution in [0.1, 0.15) is 36.9 Å². The number of aryl methyl sites for hydroxylation is 2. The van der Waals surface area contributed by atoms with Gasteiger partial charge in [0.05, 0.1) is 18.4 Å². The molecule has 1 aliphatic rings. The van der Waals surface area contributed by atoms with E-state index >= 15 is 0 Å². The van der Waals surface area contributed by atoms with Gasteiger partial charge in [-0.2, -0.15) is 5.10 Å². The average Bonchev–Trinajstić information content (AvgIpc) is 2.64. The lowest BCUT2D eigenvalue weighted by molar-refractivity contribution is 0.174. The summed E-state index contributed by atoms with van der Waals surface area (Å²) in [6.07, 6.45) is 4.66. The number of rotatable bonds is 4. The third-order valence-electron chi connectivity index (χ3n) is 4.25. The molecule has 0 radical (unpaired) electrons. The molecule has 0 bridgehead atoms. The van der Waals surface area contributed by atoms with E-state index in [4.69, 9.17) is 10.5 Å². The molecule has 5 heteroatoms. The Labute approximate surface area is 115 Å². The molecule has 0 saturated heterocycles. The van der Waals surface area contributed by atoms with Gasteiger partial charge in [0.15, 0.2) is 0 Å². The summed E-state index contributed by atoms with van der Waals surface area (Å²) in [5, 5.41) is 4.44. The van der Waals surface area contributed by atoms with Crippen LogP contribution < -0.4 is 10.5 Å². The van der Waals surface area contributed by atoms with Crippen molar-refractivity contribution in [2.75, 3.05) is 14.2 Å². The Morgan fingerprint density at radius 1 is 1.37 bits per heavy atom. The van der Waals surface area contributed by atoms with Crippen LogP contribution in [0.25, 0.3) is 0 Å². The minimum absolute atomic E-state index is 0.402. The van der Waals surface area contributed by atoms with Gasteiger partial charge in [0.2, 0.25) is 5.88 Å². The fourth-order valence-corrected chi connectivity index (χ4v) is 3.04. The van der Waals surface area contributed by atoms with E-state index in [1.807, 2.05) is 18.7 Å². The highest BCUT2D eigenvalue weighted by Crippen LogP contribution is 2.26. The van der Waals surface area contributed by atoms with Gasteiger partial charge in [0.1, 0.15) is 0 Å². The molecule has 1 aromatic rings. The molecule has 1 heterocycles. The largest absolute Gasteiger partial charge is 0.481 e. The fraction of sp³-hybridized carbons (Fsp3) is 0.786. The van der Waals surface area contributed by atoms with Crippen molar-refractivity contribution < 1.29 is 4.74 Å². The topological polar surface area (TPSA) is 56.3 Å². The van der Waals surface area contributed by atoms with Crippen molar-refractivity contribution in [1.29, 1.82) is 0 Å². The van der Waals surface area contributed by atoms with Crippen LogP contribution in [0.3, 0.4) is 0 Å². The molecule has 1 aliphatic carbocycles. The zero-order valence-corrected chi connectivity index (χ0v) is 12.5. The van der Waals surface area contributed by atoms with Gasteiger partial charge < -0.3 is 10.5 Å². The van der Waals surface area contributed by atoms with Crippen LogP contribution in [0.5, 0.6) is 5.88 Å². The Morgan fingerprint density at radius 2 is 2.00 bits per heavy atom. The van der Waals surface area contributed by atoms with Crippen LogP contribution in [-0.2, 0) is 13.6 Å². The highest BCUT2D eigenvalue weighted by Gasteiger charge is 2.24. The lowest BCUT2D eigenvalue weighted by atomic mass is 9.91. The van der Waals surface area contributed by atoms with Crippen molar-refractivity contribution in [1.82, 2.24) is 14.7 Å². The van der Waals surface area contributed by atoms with Crippen molar-refractivity contribution in [2.45, 2.75) is 51.2 Å². The number of hydrogen-bond donors (Lipinski definition) is 1. The second-order valence-corrected chi connectivity index (χ2v) is 5.68. The number of ether oxygens (including phenoxy) is 1. The first kappa shape index (κ1) is 14.3. The summed E-state index contributed by atoms with van der Waals surface area (Å²) in [6.45, 7) is 2.94. The molecule has 0 aromatic carbocycles. The van der Waals surface area contributed by atoms with Gasteiger partial charge in [0.25, 0.3) is 0 Å². The third-order valence-corrected chi connectivity index (χ3v) is 4.25. The van der Waals surface area contributed by atoms with Crippen LogP contribution >= 0.6 is 0 Å². The Balaban J connectivity index is 2.04. The standard InChI is InChI=1S/C14H26N4O/c1-10-13(14(19-4)18(3)16-10)9-17(2)12-7-5-11(15)6-8-12/h11-12H,5-9,15H2,1-4H3. The van der Waals surface area contributed by atoms with Gasteiger partial charge in [-0.25, -0.2) is 4.68 Å². The van der Waals surface area contributed by atoms with E-state index in [1.54, 1.807) is 7.11 Å². The predicted octanol–water partition coefficient (Wildman–Crippen LogP) is 1.44. The molecule has 5 nitrogen and oxygen atoms in total. The Morgan fingerprint density at radius 3 is 2.58 bits per heavy atom. The summed E-state index contributed by atoms with van der Waals surface area (Å²) in [5.41, 5.74) is 8.22. The van der Waals surface area contributed by atoms with Gasteiger partial charge in [-0.05, 0) is 39.7 Å². The molecule has 1 aromatic heterocycles. The first-order valence-electron chi connectivity index (χ1n) is 7.05. The van der Waals surface area contributed by atoms with Crippen LogP contribution in [0.2, 0.25) is 0 Å². The summed E-state index contributed by atoms with van der Waals surface area (Å²) in [5.74, 6) is 0.872. The van der Waals surface area contributed by atoms with Crippen LogP contribution in [-0.4, -0.2) is 40.9 Å². The van der Waals surface area contributed by atoms with Gasteiger partial charge >= 0.3 is 0 Å². The second kappa shape index (κ2) is 5.92. The second-order valence-electron chi connectivity index (χ2n) is 5.68. The van der Waals surface area contributed by atoms with E-state index in [2.05, 4.69) is 17.0 Å². The minimum Gasteiger partial charge on any atom is -0.481 e. The number of nitrogens with zero attached hydrogens (tertiary/aromatic N) is 3. The molecule has 2 rings (SSSR count). The van der Waals surface area contributed by atoms with Crippen molar-refractivity contribution in [3.05, 3.63) is 11.3 Å². The van der Waals surface area contributed by atoms with Gasteiger partial charge in [-0.15, -0.1) is 0 Å². The normalized spacial score (nSPS) is 23.9. The number of aromatic nitrogens is 2. The van der Waals surface area contributed by atoms with E-state index in [1.165, 1.54) is 18.4 Å². The Kier molecular flexibility index (Phi) is 4.47. The third kappa shape index (κ3) is 3.09. The van der Waals surface area contributed by atoms with Crippen LogP contribution in [0, 0.1) is 6.92 Å². The van der Waals surface area contributed by atoms with E-state index in [0.29, 0.717) is 12.1 Å². The van der Waals surface area contributed by atoms with Crippen molar-refractivity contribution in [3.63, 3.8) is 0 Å². The predicted molar refractivity (Wildman–Crippen MR) is 76.2 cm³/mol. The maximum Gasteiger partial charge on any atom is 0.216 e. The molecule has 0 spiro atoms. The van der Waals surface area contributed by atoms with Crippen LogP contribution in [0.15, 0.2) is 0 Å². The van der Waals surface area contributed by atoms with Crippen molar-refractivity contribution >= 4 is 0 Å². The quantitative estimate of drug-likeness (QED) is 0.896. The number of methoxy groups -OCH3 is 1. The number of nitrogens with two attached hydrogens (primary N) is 1. The molecular weight excluding hydrogens is 240 g/mol. The summed E-state index contributed by atoms with van der Waals surface area (Å²) < 4.78 is 7.27.